The lowest BCUT2D eigenvalue weighted by molar-refractivity contribution is -0.00274. The van der Waals surface area contributed by atoms with Gasteiger partial charge in [0.2, 0.25) is 0 Å². The number of fused-ring (bicyclic) bond motifs is 7. The van der Waals surface area contributed by atoms with E-state index in [9.17, 15) is 9.90 Å². The normalized spacial score (nSPS) is 31.8. The highest BCUT2D eigenvalue weighted by Gasteiger charge is 2.45. The number of hydrogen-bond acceptors (Lipinski definition) is 5. The Bertz CT molecular complexity index is 1060. The molecule has 0 spiro atoms. The summed E-state index contributed by atoms with van der Waals surface area (Å²) in [6.45, 7) is 4.11. The van der Waals surface area contributed by atoms with Crippen molar-refractivity contribution >= 4 is 11.0 Å². The first-order valence-electron chi connectivity index (χ1n) is 11.6. The second-order valence-electron chi connectivity index (χ2n) is 9.71. The lowest BCUT2D eigenvalue weighted by Crippen LogP contribution is -2.59. The monoisotopic (exact) mass is 406 g/mol. The van der Waals surface area contributed by atoms with Crippen molar-refractivity contribution in [3.05, 3.63) is 51.9 Å². The summed E-state index contributed by atoms with van der Waals surface area (Å²) in [4.78, 5) is 17.2. The zero-order valence-corrected chi connectivity index (χ0v) is 17.4. The Morgan fingerprint density at radius 3 is 2.93 bits per heavy atom. The molecule has 0 unspecified atom stereocenters. The topological polar surface area (TPSA) is 56.9 Å². The maximum atomic E-state index is 11.9. The summed E-state index contributed by atoms with van der Waals surface area (Å²) < 4.78 is 5.54. The summed E-state index contributed by atoms with van der Waals surface area (Å²) in [5.74, 6) is 1.61. The SMILES string of the molecule is O=c1ccc2ccc(O)c(CN3CCCC4=C[C@H]5C[C@H](CN6CCCC[C@H]56)[C@H]43)c2o1. The lowest BCUT2D eigenvalue weighted by Gasteiger charge is -2.54. The van der Waals surface area contributed by atoms with Crippen molar-refractivity contribution in [1.29, 1.82) is 0 Å². The van der Waals surface area contributed by atoms with Crippen LogP contribution in [-0.2, 0) is 6.54 Å². The van der Waals surface area contributed by atoms with Gasteiger partial charge < -0.3 is 9.52 Å². The summed E-state index contributed by atoms with van der Waals surface area (Å²) in [7, 11) is 0. The summed E-state index contributed by atoms with van der Waals surface area (Å²) >= 11 is 0. The molecule has 3 saturated heterocycles. The average Bonchev–Trinajstić information content (AvgIpc) is 2.76. The smallest absolute Gasteiger partial charge is 0.336 e. The van der Waals surface area contributed by atoms with Gasteiger partial charge in [0.1, 0.15) is 11.3 Å². The molecule has 30 heavy (non-hydrogen) atoms. The lowest BCUT2D eigenvalue weighted by atomic mass is 9.68. The van der Waals surface area contributed by atoms with Gasteiger partial charge in [-0.15, -0.1) is 0 Å². The number of phenols is 1. The van der Waals surface area contributed by atoms with E-state index in [2.05, 4.69) is 15.9 Å². The summed E-state index contributed by atoms with van der Waals surface area (Å²) in [5, 5.41) is 11.5. The Balaban J connectivity index is 1.36. The molecule has 2 bridgehead atoms. The van der Waals surface area contributed by atoms with E-state index in [1.54, 1.807) is 17.7 Å². The molecule has 3 aliphatic heterocycles. The highest BCUT2D eigenvalue weighted by molar-refractivity contribution is 5.81. The molecule has 5 nitrogen and oxygen atoms in total. The molecular formula is C25H30N2O3. The molecule has 6 rings (SSSR count). The summed E-state index contributed by atoms with van der Waals surface area (Å²) in [6, 6.07) is 7.99. The van der Waals surface area contributed by atoms with E-state index in [1.165, 1.54) is 51.3 Å². The Morgan fingerprint density at radius 2 is 2.00 bits per heavy atom. The van der Waals surface area contributed by atoms with Crippen molar-refractivity contribution in [3.8, 4) is 5.75 Å². The van der Waals surface area contributed by atoms with Gasteiger partial charge in [-0.1, -0.05) is 18.1 Å². The minimum Gasteiger partial charge on any atom is -0.507 e. The van der Waals surface area contributed by atoms with Crippen molar-refractivity contribution in [1.82, 2.24) is 9.80 Å². The van der Waals surface area contributed by atoms with Crippen LogP contribution in [-0.4, -0.2) is 46.6 Å². The van der Waals surface area contributed by atoms with Crippen LogP contribution in [0.1, 0.15) is 44.1 Å². The van der Waals surface area contributed by atoms with E-state index in [4.69, 9.17) is 4.42 Å². The van der Waals surface area contributed by atoms with Crippen molar-refractivity contribution in [2.24, 2.45) is 11.8 Å². The fourth-order valence-electron chi connectivity index (χ4n) is 6.80. The Morgan fingerprint density at radius 1 is 1.10 bits per heavy atom. The number of benzene rings is 1. The quantitative estimate of drug-likeness (QED) is 0.606. The van der Waals surface area contributed by atoms with E-state index in [0.29, 0.717) is 24.1 Å². The Hall–Kier alpha value is -2.11. The van der Waals surface area contributed by atoms with E-state index in [1.807, 2.05) is 6.07 Å². The molecule has 1 aromatic heterocycles. The van der Waals surface area contributed by atoms with Gasteiger partial charge in [0, 0.05) is 36.6 Å². The molecule has 4 atom stereocenters. The van der Waals surface area contributed by atoms with Crippen molar-refractivity contribution in [3.63, 3.8) is 0 Å². The van der Waals surface area contributed by atoms with Crippen LogP contribution in [0.2, 0.25) is 0 Å². The number of aromatic hydroxyl groups is 1. The van der Waals surface area contributed by atoms with Crippen LogP contribution in [0.4, 0.5) is 0 Å². The average molecular weight is 407 g/mol. The van der Waals surface area contributed by atoms with Crippen LogP contribution in [0, 0.1) is 11.8 Å². The number of piperidine rings is 3. The van der Waals surface area contributed by atoms with Gasteiger partial charge in [0.25, 0.3) is 0 Å². The van der Waals surface area contributed by atoms with E-state index in [0.717, 1.165) is 35.9 Å². The molecule has 0 amide bonds. The van der Waals surface area contributed by atoms with Gasteiger partial charge in [-0.3, -0.25) is 9.80 Å². The van der Waals surface area contributed by atoms with Crippen LogP contribution in [0.25, 0.3) is 11.0 Å². The number of phenolic OH excluding ortho intramolecular Hbond substituents is 1. The second-order valence-corrected chi connectivity index (χ2v) is 9.71. The summed E-state index contributed by atoms with van der Waals surface area (Å²) in [5.41, 5.74) is 2.54. The third-order valence-corrected chi connectivity index (χ3v) is 7.99. The number of likely N-dealkylation sites (tertiary alicyclic amines) is 1. The largest absolute Gasteiger partial charge is 0.507 e. The molecule has 1 aromatic carbocycles. The van der Waals surface area contributed by atoms with Gasteiger partial charge in [0.05, 0.1) is 5.56 Å². The second kappa shape index (κ2) is 7.24. The molecule has 0 radical (unpaired) electrons. The first-order chi connectivity index (χ1) is 14.7. The molecule has 158 valence electrons. The van der Waals surface area contributed by atoms with Crippen molar-refractivity contribution in [2.45, 2.75) is 57.2 Å². The van der Waals surface area contributed by atoms with Gasteiger partial charge in [-0.05, 0) is 75.2 Å². The molecule has 1 aliphatic carbocycles. The maximum Gasteiger partial charge on any atom is 0.336 e. The van der Waals surface area contributed by atoms with Crippen LogP contribution >= 0.6 is 0 Å². The van der Waals surface area contributed by atoms with Gasteiger partial charge in [-0.2, -0.15) is 0 Å². The predicted molar refractivity (Wildman–Crippen MR) is 116 cm³/mol. The van der Waals surface area contributed by atoms with Gasteiger partial charge in [-0.25, -0.2) is 4.79 Å². The minimum absolute atomic E-state index is 0.223. The molecule has 1 N–H and O–H groups in total. The Kier molecular flexibility index (Phi) is 4.50. The fraction of sp³-hybridized carbons (Fsp3) is 0.560. The number of rotatable bonds is 2. The third kappa shape index (κ3) is 3.02. The zero-order valence-electron chi connectivity index (χ0n) is 17.4. The number of nitrogens with zero attached hydrogens (tertiary/aromatic N) is 2. The van der Waals surface area contributed by atoms with E-state index >= 15 is 0 Å². The Labute approximate surface area is 177 Å². The van der Waals surface area contributed by atoms with Crippen molar-refractivity contribution in [2.75, 3.05) is 19.6 Å². The highest BCUT2D eigenvalue weighted by Crippen LogP contribution is 2.45. The van der Waals surface area contributed by atoms with Crippen LogP contribution in [0.5, 0.6) is 5.75 Å². The molecule has 5 heteroatoms. The molecular weight excluding hydrogens is 376 g/mol. The molecule has 0 saturated carbocycles. The first-order valence-corrected chi connectivity index (χ1v) is 11.6. The van der Waals surface area contributed by atoms with Gasteiger partial charge >= 0.3 is 5.63 Å². The molecule has 4 aliphatic rings. The fourth-order valence-corrected chi connectivity index (χ4v) is 6.80. The standard InChI is InChI=1S/C25H30N2O3/c28-22-8-6-16-7-9-23(29)30-25(16)20(22)15-27-11-3-4-17-12-18-13-19(24(17)27)14-26-10-2-1-5-21(18)26/h6-9,12,18-19,21,24,28H,1-5,10-11,13-15H2/t18-,19+,21+,24-/m0/s1. The van der Waals surface area contributed by atoms with E-state index < -0.39 is 0 Å². The van der Waals surface area contributed by atoms with Crippen LogP contribution in [0.3, 0.4) is 0 Å². The van der Waals surface area contributed by atoms with Crippen LogP contribution < -0.4 is 5.63 Å². The summed E-state index contributed by atoms with van der Waals surface area (Å²) in [6.07, 6.45) is 10.4. The zero-order chi connectivity index (χ0) is 20.2. The molecule has 3 fully saturated rings. The van der Waals surface area contributed by atoms with Gasteiger partial charge in [0.15, 0.2) is 0 Å². The first kappa shape index (κ1) is 18.6. The maximum absolute atomic E-state index is 11.9. The van der Waals surface area contributed by atoms with E-state index in [-0.39, 0.29) is 11.4 Å². The predicted octanol–water partition coefficient (Wildman–Crippen LogP) is 3.89. The van der Waals surface area contributed by atoms with Crippen molar-refractivity contribution < 1.29 is 9.52 Å². The molecule has 4 heterocycles. The van der Waals surface area contributed by atoms with Crippen LogP contribution in [0.15, 0.2) is 45.1 Å². The molecule has 2 aromatic rings. The number of hydrogen-bond donors (Lipinski definition) is 1. The highest BCUT2D eigenvalue weighted by atomic mass is 16.4. The minimum atomic E-state index is -0.363. The third-order valence-electron chi connectivity index (χ3n) is 7.99.